The van der Waals surface area contributed by atoms with Gasteiger partial charge in [0.1, 0.15) is 11.6 Å². The van der Waals surface area contributed by atoms with E-state index in [-0.39, 0.29) is 29.8 Å². The van der Waals surface area contributed by atoms with Gasteiger partial charge in [0, 0.05) is 23.7 Å². The summed E-state index contributed by atoms with van der Waals surface area (Å²) >= 11 is 0. The summed E-state index contributed by atoms with van der Waals surface area (Å²) in [5, 5.41) is 29.1. The fourth-order valence-corrected chi connectivity index (χ4v) is 4.57. The van der Waals surface area contributed by atoms with Crippen LogP contribution in [0.3, 0.4) is 0 Å². The predicted octanol–water partition coefficient (Wildman–Crippen LogP) is 3.50. The largest absolute Gasteiger partial charge is 0.481 e. The Labute approximate surface area is 220 Å². The van der Waals surface area contributed by atoms with Crippen molar-refractivity contribution in [2.75, 3.05) is 10.6 Å². The third-order valence-electron chi connectivity index (χ3n) is 5.41. The molecule has 10 nitrogen and oxygen atoms in total. The second-order valence-electron chi connectivity index (χ2n) is 8.96. The minimum absolute atomic E-state index is 0.0842. The van der Waals surface area contributed by atoms with Gasteiger partial charge in [0.15, 0.2) is 0 Å². The molecule has 0 bridgehead atoms. The number of carboxylic acid groups (broad SMARTS) is 1. The van der Waals surface area contributed by atoms with Gasteiger partial charge in [-0.3, -0.25) is 4.79 Å². The van der Waals surface area contributed by atoms with Crippen LogP contribution in [0.4, 0.5) is 16.2 Å². The first-order valence-electron chi connectivity index (χ1n) is 11.7. The molecular weight excluding hydrogens is 515 g/mol. The van der Waals surface area contributed by atoms with Crippen molar-refractivity contribution in [1.29, 1.82) is 0 Å². The Kier molecular flexibility index (Phi) is 9.26. The van der Waals surface area contributed by atoms with Crippen molar-refractivity contribution in [2.45, 2.75) is 44.8 Å². The molecule has 202 valence electrons. The number of carbonyl (C=O) groups is 1. The zero-order chi connectivity index (χ0) is 28.0. The highest BCUT2D eigenvalue weighted by atomic mass is 32.2. The van der Waals surface area contributed by atoms with E-state index in [1.165, 1.54) is 48.7 Å². The molecule has 1 aromatic carbocycles. The Morgan fingerprint density at radius 3 is 2.34 bits per heavy atom. The molecule has 2 aromatic heterocycles. The van der Waals surface area contributed by atoms with Gasteiger partial charge in [0.25, 0.3) is 0 Å². The van der Waals surface area contributed by atoms with Crippen molar-refractivity contribution in [3.8, 4) is 11.3 Å². The number of rotatable bonds is 11. The van der Waals surface area contributed by atoms with Crippen molar-refractivity contribution in [3.63, 3.8) is 0 Å². The number of anilines is 2. The molecular formula is C26H29FN4O6S. The van der Waals surface area contributed by atoms with E-state index in [0.717, 1.165) is 10.6 Å². The first-order chi connectivity index (χ1) is 17.9. The lowest BCUT2D eigenvalue weighted by Crippen LogP contribution is -2.28. The summed E-state index contributed by atoms with van der Waals surface area (Å²) in [4.78, 5) is 24.1. The quantitative estimate of drug-likeness (QED) is 0.329. The van der Waals surface area contributed by atoms with Crippen molar-refractivity contribution in [3.05, 3.63) is 71.8 Å². The van der Waals surface area contributed by atoms with Gasteiger partial charge in [-0.25, -0.2) is 27.8 Å². The second kappa shape index (κ2) is 12.2. The standard InChI is InChI=1S/C26H29FN4O6S/c1-16(2)24-21(12-11-19(32)14-20(33)15-23(34)35)25(17-7-9-18(27)10-8-17)30-26(29-24)31(38(3,36)37)22-6-4-5-13-28-22/h4-13,16,19-20,32-33H,14-15H2,1-3H3,(H,34,35)/b12-11+/t19-,20-/m1/s1. The molecule has 2 heterocycles. The number of hydrogen-bond acceptors (Lipinski definition) is 8. The molecule has 0 spiro atoms. The van der Waals surface area contributed by atoms with E-state index >= 15 is 0 Å². The van der Waals surface area contributed by atoms with Crippen LogP contribution in [0.25, 0.3) is 17.3 Å². The lowest BCUT2D eigenvalue weighted by Gasteiger charge is -2.23. The van der Waals surface area contributed by atoms with Gasteiger partial charge in [-0.15, -0.1) is 0 Å². The Hall–Kier alpha value is -3.74. The van der Waals surface area contributed by atoms with Crippen LogP contribution in [-0.2, 0) is 14.8 Å². The Morgan fingerprint density at radius 1 is 1.11 bits per heavy atom. The van der Waals surface area contributed by atoms with Crippen molar-refractivity contribution in [1.82, 2.24) is 15.0 Å². The zero-order valence-electron chi connectivity index (χ0n) is 21.1. The fourth-order valence-electron chi connectivity index (χ4n) is 3.74. The van der Waals surface area contributed by atoms with Gasteiger partial charge in [-0.05, 0) is 42.3 Å². The molecule has 0 saturated carbocycles. The summed E-state index contributed by atoms with van der Waals surface area (Å²) in [5.74, 6) is -1.99. The number of nitrogens with zero attached hydrogens (tertiary/aromatic N) is 4. The number of aliphatic carboxylic acids is 1. The number of aliphatic hydroxyl groups is 2. The number of carboxylic acids is 1. The maximum absolute atomic E-state index is 13.7. The molecule has 0 aliphatic rings. The average molecular weight is 545 g/mol. The number of halogens is 1. The molecule has 38 heavy (non-hydrogen) atoms. The van der Waals surface area contributed by atoms with Crippen LogP contribution in [0.15, 0.2) is 54.7 Å². The molecule has 0 saturated heterocycles. The third kappa shape index (κ3) is 7.40. The Morgan fingerprint density at radius 2 is 1.79 bits per heavy atom. The molecule has 3 N–H and O–H groups in total. The molecule has 3 rings (SSSR count). The van der Waals surface area contributed by atoms with Gasteiger partial charge in [0.05, 0.1) is 36.3 Å². The van der Waals surface area contributed by atoms with E-state index in [4.69, 9.17) is 5.11 Å². The highest BCUT2D eigenvalue weighted by Crippen LogP contribution is 2.34. The Balaban J connectivity index is 2.21. The number of sulfonamides is 1. The normalized spacial score (nSPS) is 13.6. The van der Waals surface area contributed by atoms with Gasteiger partial charge in [0.2, 0.25) is 16.0 Å². The minimum Gasteiger partial charge on any atom is -0.481 e. The number of benzene rings is 1. The summed E-state index contributed by atoms with van der Waals surface area (Å²) in [7, 11) is -3.93. The molecule has 3 aromatic rings. The van der Waals surface area contributed by atoms with Crippen LogP contribution in [0.2, 0.25) is 0 Å². The Bertz CT molecular complexity index is 1400. The lowest BCUT2D eigenvalue weighted by molar-refractivity contribution is -0.139. The first kappa shape index (κ1) is 28.8. The molecule has 0 aliphatic heterocycles. The summed E-state index contributed by atoms with van der Waals surface area (Å²) < 4.78 is 40.3. The number of hydrogen-bond donors (Lipinski definition) is 3. The SMILES string of the molecule is CC(C)c1nc(N(c2ccccn2)S(C)(=O)=O)nc(-c2ccc(F)cc2)c1/C=C/[C@@H](O)C[C@@H](O)CC(=O)O. The lowest BCUT2D eigenvalue weighted by atomic mass is 9.97. The maximum Gasteiger partial charge on any atom is 0.305 e. The number of pyridine rings is 1. The molecule has 0 aliphatic carbocycles. The van der Waals surface area contributed by atoms with E-state index in [0.29, 0.717) is 16.8 Å². The molecule has 0 radical (unpaired) electrons. The van der Waals surface area contributed by atoms with Crippen LogP contribution in [-0.4, -0.2) is 63.1 Å². The van der Waals surface area contributed by atoms with E-state index in [1.807, 2.05) is 13.8 Å². The van der Waals surface area contributed by atoms with Crippen LogP contribution >= 0.6 is 0 Å². The average Bonchev–Trinajstić information content (AvgIpc) is 2.82. The third-order valence-corrected chi connectivity index (χ3v) is 6.42. The van der Waals surface area contributed by atoms with Crippen LogP contribution in [0.5, 0.6) is 0 Å². The topological polar surface area (TPSA) is 154 Å². The van der Waals surface area contributed by atoms with Gasteiger partial charge >= 0.3 is 5.97 Å². The zero-order valence-corrected chi connectivity index (χ0v) is 21.9. The minimum atomic E-state index is -3.93. The molecule has 2 atom stereocenters. The van der Waals surface area contributed by atoms with Gasteiger partial charge in [-0.1, -0.05) is 32.1 Å². The van der Waals surface area contributed by atoms with Crippen LogP contribution < -0.4 is 4.31 Å². The van der Waals surface area contributed by atoms with Gasteiger partial charge in [-0.2, -0.15) is 4.31 Å². The van der Waals surface area contributed by atoms with Crippen molar-refractivity contribution >= 4 is 33.8 Å². The predicted molar refractivity (Wildman–Crippen MR) is 141 cm³/mol. The number of aliphatic hydroxyl groups excluding tert-OH is 2. The maximum atomic E-state index is 13.7. The summed E-state index contributed by atoms with van der Waals surface area (Å²) in [6.45, 7) is 3.69. The smallest absolute Gasteiger partial charge is 0.305 e. The molecule has 0 unspecified atom stereocenters. The summed E-state index contributed by atoms with van der Waals surface area (Å²) in [5.41, 5.74) is 1.62. The first-order valence-corrected chi connectivity index (χ1v) is 13.6. The van der Waals surface area contributed by atoms with Crippen molar-refractivity contribution in [2.24, 2.45) is 0 Å². The highest BCUT2D eigenvalue weighted by molar-refractivity contribution is 7.92. The monoisotopic (exact) mass is 544 g/mol. The highest BCUT2D eigenvalue weighted by Gasteiger charge is 2.27. The second-order valence-corrected chi connectivity index (χ2v) is 10.8. The van der Waals surface area contributed by atoms with Crippen molar-refractivity contribution < 1.29 is 32.9 Å². The molecule has 0 amide bonds. The molecule has 12 heteroatoms. The van der Waals surface area contributed by atoms with E-state index in [9.17, 15) is 27.8 Å². The van der Waals surface area contributed by atoms with E-state index in [1.54, 1.807) is 12.1 Å². The fraction of sp³-hybridized carbons (Fsp3) is 0.308. The van der Waals surface area contributed by atoms with Gasteiger partial charge < -0.3 is 15.3 Å². The molecule has 0 fully saturated rings. The number of aromatic nitrogens is 3. The van der Waals surface area contributed by atoms with E-state index < -0.39 is 40.4 Å². The summed E-state index contributed by atoms with van der Waals surface area (Å²) in [6, 6.07) is 10.2. The van der Waals surface area contributed by atoms with Crippen LogP contribution in [0, 0.1) is 5.82 Å². The van der Waals surface area contributed by atoms with E-state index in [2.05, 4.69) is 15.0 Å². The van der Waals surface area contributed by atoms with Crippen LogP contribution in [0.1, 0.15) is 43.9 Å². The summed E-state index contributed by atoms with van der Waals surface area (Å²) in [6.07, 6.45) is 2.16.